The molecule has 0 radical (unpaired) electrons. The standard InChI is InChI=1S/C19H20N2O5S/c1-4-13-21(27(3,24)25)17-11-7-14(8-12-17)18(22)20-16-9-5-15(6-10-16)19(23)26-2/h4-12H,1,13H2,2-3H3,(H,20,22). The molecule has 8 heteroatoms. The van der Waals surface area contributed by atoms with Gasteiger partial charge in [0.1, 0.15) is 0 Å². The number of hydrogen-bond donors (Lipinski definition) is 1. The lowest BCUT2D eigenvalue weighted by molar-refractivity contribution is 0.0600. The number of carbonyl (C=O) groups is 2. The molecule has 1 amide bonds. The van der Waals surface area contributed by atoms with E-state index in [0.29, 0.717) is 22.5 Å². The predicted octanol–water partition coefficient (Wildman–Crippen LogP) is 2.68. The molecule has 0 aromatic heterocycles. The average molecular weight is 388 g/mol. The Balaban J connectivity index is 2.13. The van der Waals surface area contributed by atoms with E-state index < -0.39 is 16.0 Å². The van der Waals surface area contributed by atoms with Gasteiger partial charge in [0, 0.05) is 11.3 Å². The van der Waals surface area contributed by atoms with Crippen molar-refractivity contribution in [3.8, 4) is 0 Å². The number of benzene rings is 2. The van der Waals surface area contributed by atoms with E-state index in [1.54, 1.807) is 36.4 Å². The number of anilines is 2. The fourth-order valence-corrected chi connectivity index (χ4v) is 3.22. The second-order valence-electron chi connectivity index (χ2n) is 5.65. The molecule has 0 fully saturated rings. The van der Waals surface area contributed by atoms with Crippen LogP contribution in [0.4, 0.5) is 11.4 Å². The van der Waals surface area contributed by atoms with Crippen LogP contribution < -0.4 is 9.62 Å². The van der Waals surface area contributed by atoms with Crippen molar-refractivity contribution in [3.63, 3.8) is 0 Å². The molecule has 0 bridgehead atoms. The number of rotatable bonds is 7. The van der Waals surface area contributed by atoms with E-state index in [1.165, 1.54) is 29.6 Å². The third-order valence-corrected chi connectivity index (χ3v) is 4.84. The van der Waals surface area contributed by atoms with E-state index in [1.807, 2.05) is 0 Å². The summed E-state index contributed by atoms with van der Waals surface area (Å²) in [5.41, 5.74) is 1.70. The average Bonchev–Trinajstić information content (AvgIpc) is 2.65. The lowest BCUT2D eigenvalue weighted by atomic mass is 10.1. The first-order valence-electron chi connectivity index (χ1n) is 7.94. The molecule has 0 aliphatic heterocycles. The number of hydrogen-bond acceptors (Lipinski definition) is 5. The van der Waals surface area contributed by atoms with Crippen molar-refractivity contribution >= 4 is 33.3 Å². The molecule has 1 N–H and O–H groups in total. The van der Waals surface area contributed by atoms with Gasteiger partial charge in [-0.1, -0.05) is 6.08 Å². The summed E-state index contributed by atoms with van der Waals surface area (Å²) >= 11 is 0. The molecule has 0 spiro atoms. The fourth-order valence-electron chi connectivity index (χ4n) is 2.34. The maximum Gasteiger partial charge on any atom is 0.337 e. The number of esters is 1. The Bertz CT molecular complexity index is 935. The van der Waals surface area contributed by atoms with E-state index >= 15 is 0 Å². The van der Waals surface area contributed by atoms with Crippen LogP contribution in [0.25, 0.3) is 0 Å². The van der Waals surface area contributed by atoms with Gasteiger partial charge in [-0.2, -0.15) is 0 Å². The Morgan fingerprint density at radius 1 is 1.07 bits per heavy atom. The molecule has 2 rings (SSSR count). The molecular weight excluding hydrogens is 368 g/mol. The third kappa shape index (κ3) is 5.18. The molecule has 2 aromatic rings. The minimum atomic E-state index is -3.45. The molecule has 0 aliphatic rings. The van der Waals surface area contributed by atoms with E-state index in [-0.39, 0.29) is 12.5 Å². The van der Waals surface area contributed by atoms with Crippen molar-refractivity contribution in [2.75, 3.05) is 29.5 Å². The molecule has 0 saturated carbocycles. The topological polar surface area (TPSA) is 92.8 Å². The van der Waals surface area contributed by atoms with Crippen LogP contribution in [-0.2, 0) is 14.8 Å². The number of amides is 1. The highest BCUT2D eigenvalue weighted by Crippen LogP contribution is 2.19. The fraction of sp³-hybridized carbons (Fsp3) is 0.158. The summed E-state index contributed by atoms with van der Waals surface area (Å²) in [6.45, 7) is 3.69. The Morgan fingerprint density at radius 2 is 1.63 bits per heavy atom. The van der Waals surface area contributed by atoms with E-state index in [2.05, 4.69) is 16.6 Å². The number of methoxy groups -OCH3 is 1. The number of ether oxygens (including phenoxy) is 1. The monoisotopic (exact) mass is 388 g/mol. The van der Waals surface area contributed by atoms with Gasteiger partial charge in [0.15, 0.2) is 0 Å². The molecular formula is C19H20N2O5S. The largest absolute Gasteiger partial charge is 0.465 e. The Hall–Kier alpha value is -3.13. The molecule has 0 unspecified atom stereocenters. The maximum absolute atomic E-state index is 12.3. The second-order valence-corrected chi connectivity index (χ2v) is 7.56. The SMILES string of the molecule is C=CCN(c1ccc(C(=O)Nc2ccc(C(=O)OC)cc2)cc1)S(C)(=O)=O. The van der Waals surface area contributed by atoms with Gasteiger partial charge in [-0.15, -0.1) is 6.58 Å². The molecule has 27 heavy (non-hydrogen) atoms. The highest BCUT2D eigenvalue weighted by molar-refractivity contribution is 7.92. The second kappa shape index (κ2) is 8.50. The van der Waals surface area contributed by atoms with Crippen molar-refractivity contribution < 1.29 is 22.7 Å². The number of sulfonamides is 1. The van der Waals surface area contributed by atoms with Gasteiger partial charge < -0.3 is 10.1 Å². The number of nitrogens with one attached hydrogen (secondary N) is 1. The highest BCUT2D eigenvalue weighted by atomic mass is 32.2. The molecule has 0 saturated heterocycles. The van der Waals surface area contributed by atoms with Gasteiger partial charge in [0.05, 0.1) is 31.2 Å². The minimum absolute atomic E-state index is 0.136. The summed E-state index contributed by atoms with van der Waals surface area (Å²) in [6.07, 6.45) is 2.59. The van der Waals surface area contributed by atoms with Crippen LogP contribution in [0.3, 0.4) is 0 Å². The first kappa shape index (κ1) is 20.2. The Labute approximate surface area is 158 Å². The predicted molar refractivity (Wildman–Crippen MR) is 105 cm³/mol. The van der Waals surface area contributed by atoms with E-state index in [0.717, 1.165) is 6.26 Å². The summed E-state index contributed by atoms with van der Waals surface area (Å²) < 4.78 is 29.5. The number of nitrogens with zero attached hydrogens (tertiary/aromatic N) is 1. The summed E-state index contributed by atoms with van der Waals surface area (Å²) in [5.74, 6) is -0.819. The number of carbonyl (C=O) groups excluding carboxylic acids is 2. The molecule has 142 valence electrons. The highest BCUT2D eigenvalue weighted by Gasteiger charge is 2.16. The van der Waals surface area contributed by atoms with Crippen LogP contribution in [-0.4, -0.2) is 40.2 Å². The molecule has 7 nitrogen and oxygen atoms in total. The van der Waals surface area contributed by atoms with Gasteiger partial charge in [-0.3, -0.25) is 9.10 Å². The van der Waals surface area contributed by atoms with Gasteiger partial charge in [0.25, 0.3) is 5.91 Å². The third-order valence-electron chi connectivity index (χ3n) is 3.68. The zero-order chi connectivity index (χ0) is 20.0. The van der Waals surface area contributed by atoms with Gasteiger partial charge in [-0.25, -0.2) is 13.2 Å². The smallest absolute Gasteiger partial charge is 0.337 e. The first-order chi connectivity index (χ1) is 12.8. The lowest BCUT2D eigenvalue weighted by Crippen LogP contribution is -2.29. The Kier molecular flexibility index (Phi) is 6.36. The van der Waals surface area contributed by atoms with Crippen molar-refractivity contribution in [3.05, 3.63) is 72.3 Å². The van der Waals surface area contributed by atoms with Gasteiger partial charge in [-0.05, 0) is 48.5 Å². The minimum Gasteiger partial charge on any atom is -0.465 e. The van der Waals surface area contributed by atoms with Crippen LogP contribution in [0.1, 0.15) is 20.7 Å². The summed E-state index contributed by atoms with van der Waals surface area (Å²) in [6, 6.07) is 12.5. The first-order valence-corrected chi connectivity index (χ1v) is 9.79. The zero-order valence-electron chi connectivity index (χ0n) is 15.0. The van der Waals surface area contributed by atoms with Crippen molar-refractivity contribution in [1.29, 1.82) is 0 Å². The van der Waals surface area contributed by atoms with Crippen LogP contribution in [0, 0.1) is 0 Å². The maximum atomic E-state index is 12.3. The normalized spacial score (nSPS) is 10.7. The molecule has 0 aliphatic carbocycles. The van der Waals surface area contributed by atoms with Crippen LogP contribution in [0.15, 0.2) is 61.2 Å². The molecule has 0 heterocycles. The van der Waals surface area contributed by atoms with Crippen LogP contribution in [0.5, 0.6) is 0 Å². The Morgan fingerprint density at radius 3 is 2.11 bits per heavy atom. The van der Waals surface area contributed by atoms with Crippen LogP contribution in [0.2, 0.25) is 0 Å². The van der Waals surface area contributed by atoms with Gasteiger partial charge >= 0.3 is 5.97 Å². The van der Waals surface area contributed by atoms with Crippen molar-refractivity contribution in [1.82, 2.24) is 0 Å². The quantitative estimate of drug-likeness (QED) is 0.581. The summed E-state index contributed by atoms with van der Waals surface area (Å²) in [5, 5.41) is 2.71. The van der Waals surface area contributed by atoms with Crippen LogP contribution >= 0.6 is 0 Å². The zero-order valence-corrected chi connectivity index (χ0v) is 15.8. The summed E-state index contributed by atoms with van der Waals surface area (Å²) in [7, 11) is -2.16. The van der Waals surface area contributed by atoms with Crippen molar-refractivity contribution in [2.45, 2.75) is 0 Å². The van der Waals surface area contributed by atoms with E-state index in [9.17, 15) is 18.0 Å². The van der Waals surface area contributed by atoms with Crippen molar-refractivity contribution in [2.24, 2.45) is 0 Å². The molecule has 2 aromatic carbocycles. The molecule has 0 atom stereocenters. The summed E-state index contributed by atoms with van der Waals surface area (Å²) in [4.78, 5) is 23.8. The van der Waals surface area contributed by atoms with E-state index in [4.69, 9.17) is 0 Å². The van der Waals surface area contributed by atoms with Gasteiger partial charge in [0.2, 0.25) is 10.0 Å². The lowest BCUT2D eigenvalue weighted by Gasteiger charge is -2.20.